The van der Waals surface area contributed by atoms with Crippen LogP contribution in [-0.4, -0.2) is 31.5 Å². The average Bonchev–Trinajstić information content (AvgIpc) is 2.55. The molecule has 4 nitrogen and oxygen atoms in total. The number of nitrogens with zero attached hydrogens (tertiary/aromatic N) is 1. The minimum absolute atomic E-state index is 0.0370. The lowest BCUT2D eigenvalue weighted by Gasteiger charge is -2.17. The van der Waals surface area contributed by atoms with E-state index in [4.69, 9.17) is 4.74 Å². The molecular weight excluding hydrogens is 314 g/mol. The summed E-state index contributed by atoms with van der Waals surface area (Å²) in [5.74, 6) is -0.513. The van der Waals surface area contributed by atoms with E-state index in [1.165, 1.54) is 11.0 Å². The summed E-state index contributed by atoms with van der Waals surface area (Å²) in [7, 11) is 3.32. The van der Waals surface area contributed by atoms with Gasteiger partial charge in [-0.15, -0.1) is 0 Å². The van der Waals surface area contributed by atoms with Crippen LogP contribution in [0.2, 0.25) is 0 Å². The summed E-state index contributed by atoms with van der Waals surface area (Å²) in [6.45, 7) is 1.71. The Hall–Kier alpha value is -2.63. The van der Waals surface area contributed by atoms with Crippen LogP contribution in [0.15, 0.2) is 42.5 Å². The second-order valence-electron chi connectivity index (χ2n) is 5.63. The molecule has 128 valence electrons. The monoisotopic (exact) mass is 334 g/mol. The number of rotatable bonds is 6. The molecule has 0 aliphatic carbocycles. The van der Waals surface area contributed by atoms with E-state index in [1.807, 2.05) is 0 Å². The van der Waals surface area contributed by atoms with Crippen molar-refractivity contribution in [3.8, 4) is 5.75 Å². The molecule has 0 aliphatic heterocycles. The predicted octanol–water partition coefficient (Wildman–Crippen LogP) is 3.60. The number of likely N-dealkylation sites (N-methyl/N-ethyl adjacent to an activating group) is 1. The van der Waals surface area contributed by atoms with Crippen LogP contribution in [0, 0.1) is 11.6 Å². The van der Waals surface area contributed by atoms with E-state index >= 15 is 0 Å². The number of ether oxygens (including phenoxy) is 1. The van der Waals surface area contributed by atoms with E-state index < -0.39 is 17.7 Å². The van der Waals surface area contributed by atoms with Gasteiger partial charge in [-0.05, 0) is 49.4 Å². The van der Waals surface area contributed by atoms with Crippen LogP contribution in [0.1, 0.15) is 18.5 Å². The molecule has 0 radical (unpaired) electrons. The number of benzene rings is 2. The van der Waals surface area contributed by atoms with Crippen molar-refractivity contribution in [1.29, 1.82) is 0 Å². The molecule has 2 rings (SSSR count). The van der Waals surface area contributed by atoms with Crippen molar-refractivity contribution in [2.45, 2.75) is 13.0 Å². The number of carbonyl (C=O) groups is 1. The number of hydrogen-bond donors (Lipinski definition) is 1. The van der Waals surface area contributed by atoms with Crippen molar-refractivity contribution in [3.63, 3.8) is 0 Å². The lowest BCUT2D eigenvalue weighted by Crippen LogP contribution is -2.27. The van der Waals surface area contributed by atoms with Crippen molar-refractivity contribution in [2.24, 2.45) is 0 Å². The number of carbonyl (C=O) groups excluding carboxylic acids is 1. The Morgan fingerprint density at radius 2 is 1.83 bits per heavy atom. The Bertz CT molecular complexity index is 703. The van der Waals surface area contributed by atoms with Crippen molar-refractivity contribution in [3.05, 3.63) is 59.7 Å². The third-order valence-corrected chi connectivity index (χ3v) is 3.52. The standard InChI is InChI=1S/C18H20F2N2O2/c1-12(16-10-13(19)4-9-17(16)20)21-14-5-7-15(8-6-14)24-11-18(23)22(2)3/h4-10,12,21H,11H2,1-3H3/t12-/m0/s1. The van der Waals surface area contributed by atoms with E-state index in [0.29, 0.717) is 5.75 Å². The van der Waals surface area contributed by atoms with Gasteiger partial charge in [0.2, 0.25) is 0 Å². The van der Waals surface area contributed by atoms with Gasteiger partial charge in [0.1, 0.15) is 17.4 Å². The third-order valence-electron chi connectivity index (χ3n) is 3.52. The van der Waals surface area contributed by atoms with Gasteiger partial charge in [-0.2, -0.15) is 0 Å². The molecule has 2 aromatic carbocycles. The first kappa shape index (κ1) is 17.7. The fourth-order valence-electron chi connectivity index (χ4n) is 2.10. The Balaban J connectivity index is 1.98. The van der Waals surface area contributed by atoms with Gasteiger partial charge in [-0.3, -0.25) is 4.79 Å². The van der Waals surface area contributed by atoms with Gasteiger partial charge in [0.25, 0.3) is 5.91 Å². The molecule has 0 spiro atoms. The lowest BCUT2D eigenvalue weighted by molar-refractivity contribution is -0.130. The van der Waals surface area contributed by atoms with Gasteiger partial charge in [-0.25, -0.2) is 8.78 Å². The first-order valence-corrected chi connectivity index (χ1v) is 7.51. The maximum absolute atomic E-state index is 13.8. The molecule has 1 N–H and O–H groups in total. The third kappa shape index (κ3) is 4.68. The van der Waals surface area contributed by atoms with E-state index in [0.717, 1.165) is 17.8 Å². The van der Waals surface area contributed by atoms with E-state index in [1.54, 1.807) is 45.3 Å². The lowest BCUT2D eigenvalue weighted by atomic mass is 10.1. The highest BCUT2D eigenvalue weighted by atomic mass is 19.1. The second kappa shape index (κ2) is 7.77. The van der Waals surface area contributed by atoms with Crippen LogP contribution >= 0.6 is 0 Å². The molecule has 2 aromatic rings. The minimum Gasteiger partial charge on any atom is -0.484 e. The number of halogens is 2. The molecule has 0 bridgehead atoms. The Kier molecular flexibility index (Phi) is 5.73. The SMILES string of the molecule is C[C@H](Nc1ccc(OCC(=O)N(C)C)cc1)c1cc(F)ccc1F. The molecule has 24 heavy (non-hydrogen) atoms. The molecule has 0 saturated heterocycles. The molecule has 0 heterocycles. The smallest absolute Gasteiger partial charge is 0.259 e. The zero-order valence-electron chi connectivity index (χ0n) is 13.8. The van der Waals surface area contributed by atoms with E-state index in [-0.39, 0.29) is 18.1 Å². The Labute approximate surface area is 140 Å². The number of anilines is 1. The largest absolute Gasteiger partial charge is 0.484 e. The maximum Gasteiger partial charge on any atom is 0.259 e. The van der Waals surface area contributed by atoms with Crippen LogP contribution in [0.25, 0.3) is 0 Å². The molecule has 6 heteroatoms. The Morgan fingerprint density at radius 3 is 2.46 bits per heavy atom. The highest BCUT2D eigenvalue weighted by Gasteiger charge is 2.12. The van der Waals surface area contributed by atoms with Crippen molar-refractivity contribution in [2.75, 3.05) is 26.0 Å². The highest BCUT2D eigenvalue weighted by molar-refractivity contribution is 5.77. The van der Waals surface area contributed by atoms with Crippen LogP contribution in [-0.2, 0) is 4.79 Å². The maximum atomic E-state index is 13.8. The summed E-state index contributed by atoms with van der Waals surface area (Å²) in [6, 6.07) is 9.90. The van der Waals surface area contributed by atoms with Gasteiger partial charge in [0.05, 0.1) is 6.04 Å². The number of hydrogen-bond acceptors (Lipinski definition) is 3. The first-order valence-electron chi connectivity index (χ1n) is 7.51. The van der Waals surface area contributed by atoms with Gasteiger partial charge in [-0.1, -0.05) is 0 Å². The van der Waals surface area contributed by atoms with Crippen molar-refractivity contribution >= 4 is 11.6 Å². The van der Waals surface area contributed by atoms with Crippen LogP contribution < -0.4 is 10.1 Å². The molecule has 1 amide bonds. The van der Waals surface area contributed by atoms with Gasteiger partial charge in [0, 0.05) is 25.3 Å². The topological polar surface area (TPSA) is 41.6 Å². The second-order valence-corrected chi connectivity index (χ2v) is 5.63. The average molecular weight is 334 g/mol. The number of nitrogens with one attached hydrogen (secondary N) is 1. The van der Waals surface area contributed by atoms with Gasteiger partial charge >= 0.3 is 0 Å². The Morgan fingerprint density at radius 1 is 1.17 bits per heavy atom. The van der Waals surface area contributed by atoms with Crippen molar-refractivity contribution < 1.29 is 18.3 Å². The van der Waals surface area contributed by atoms with Crippen LogP contribution in [0.4, 0.5) is 14.5 Å². The fraction of sp³-hybridized carbons (Fsp3) is 0.278. The predicted molar refractivity (Wildman–Crippen MR) is 89.0 cm³/mol. The quantitative estimate of drug-likeness (QED) is 0.877. The molecular formula is C18H20F2N2O2. The number of amides is 1. The summed E-state index contributed by atoms with van der Waals surface area (Å²) < 4.78 is 32.4. The molecule has 0 aliphatic rings. The van der Waals surface area contributed by atoms with Crippen LogP contribution in [0.3, 0.4) is 0 Å². The van der Waals surface area contributed by atoms with Gasteiger partial charge in [0.15, 0.2) is 6.61 Å². The normalized spacial score (nSPS) is 11.7. The highest BCUT2D eigenvalue weighted by Crippen LogP contribution is 2.24. The molecule has 0 saturated carbocycles. The molecule has 0 unspecified atom stereocenters. The van der Waals surface area contributed by atoms with Crippen LogP contribution in [0.5, 0.6) is 5.75 Å². The minimum atomic E-state index is -0.477. The summed E-state index contributed by atoms with van der Waals surface area (Å²) in [5, 5.41) is 3.10. The molecule has 1 atom stereocenters. The summed E-state index contributed by atoms with van der Waals surface area (Å²) in [5.41, 5.74) is 0.990. The zero-order valence-corrected chi connectivity index (χ0v) is 13.8. The van der Waals surface area contributed by atoms with Crippen molar-refractivity contribution in [1.82, 2.24) is 4.90 Å². The van der Waals surface area contributed by atoms with E-state index in [2.05, 4.69) is 5.32 Å². The van der Waals surface area contributed by atoms with Gasteiger partial charge < -0.3 is 15.0 Å². The summed E-state index contributed by atoms with van der Waals surface area (Å²) in [4.78, 5) is 12.9. The summed E-state index contributed by atoms with van der Waals surface area (Å²) in [6.07, 6.45) is 0. The summed E-state index contributed by atoms with van der Waals surface area (Å²) >= 11 is 0. The first-order chi connectivity index (χ1) is 11.4. The molecule has 0 aromatic heterocycles. The fourth-order valence-corrected chi connectivity index (χ4v) is 2.10. The van der Waals surface area contributed by atoms with E-state index in [9.17, 15) is 13.6 Å². The zero-order chi connectivity index (χ0) is 17.7. The molecule has 0 fully saturated rings.